The number of thioether (sulfide) groups is 1. The van der Waals surface area contributed by atoms with Crippen LogP contribution in [0, 0.1) is 0 Å². The lowest BCUT2D eigenvalue weighted by Crippen LogP contribution is -2.39. The molecule has 25 heavy (non-hydrogen) atoms. The number of carbonyl (C=O) groups excluding carboxylic acids is 1. The Morgan fingerprint density at radius 1 is 1.28 bits per heavy atom. The van der Waals surface area contributed by atoms with Gasteiger partial charge < -0.3 is 9.80 Å². The zero-order valence-corrected chi connectivity index (χ0v) is 16.8. The van der Waals surface area contributed by atoms with E-state index in [0.717, 1.165) is 0 Å². The molecule has 0 unspecified atom stereocenters. The van der Waals surface area contributed by atoms with Crippen molar-refractivity contribution in [2.24, 2.45) is 4.99 Å². The molecule has 1 saturated heterocycles. The first-order valence-electron chi connectivity index (χ1n) is 7.53. The highest BCUT2D eigenvalue weighted by Crippen LogP contribution is 2.37. The number of fused-ring (bicyclic) bond motifs is 1. The van der Waals surface area contributed by atoms with Crippen molar-refractivity contribution in [1.82, 2.24) is 4.90 Å². The number of sulfone groups is 1. The van der Waals surface area contributed by atoms with Crippen molar-refractivity contribution in [2.45, 2.75) is 12.1 Å². The monoisotopic (exact) mass is 421 g/mol. The maximum Gasteiger partial charge on any atom is 0.232 e. The Morgan fingerprint density at radius 3 is 2.52 bits per heavy atom. The van der Waals surface area contributed by atoms with Crippen LogP contribution in [0.3, 0.4) is 0 Å². The lowest BCUT2D eigenvalue weighted by molar-refractivity contribution is -0.125. The van der Waals surface area contributed by atoms with E-state index in [4.69, 9.17) is 23.2 Å². The third-order valence-electron chi connectivity index (χ3n) is 4.06. The molecule has 1 aromatic carbocycles. The SMILES string of the molecule is CN(C)C(=O)CSC1=N[C@@H]2CS(=O)(=O)C[C@H]2N1c1cc(Cl)cc(Cl)c1. The molecular weight excluding hydrogens is 405 g/mol. The van der Waals surface area contributed by atoms with E-state index in [1.807, 2.05) is 4.90 Å². The summed E-state index contributed by atoms with van der Waals surface area (Å²) in [4.78, 5) is 19.8. The molecule has 0 saturated carbocycles. The maximum atomic E-state index is 12.0. The number of anilines is 1. The fourth-order valence-corrected chi connectivity index (χ4v) is 6.33. The van der Waals surface area contributed by atoms with Crippen LogP contribution in [0.4, 0.5) is 5.69 Å². The number of amidine groups is 1. The second-order valence-electron chi connectivity index (χ2n) is 6.20. The van der Waals surface area contributed by atoms with Crippen molar-refractivity contribution in [1.29, 1.82) is 0 Å². The number of halogens is 2. The summed E-state index contributed by atoms with van der Waals surface area (Å²) >= 11 is 13.5. The van der Waals surface area contributed by atoms with Gasteiger partial charge in [-0.05, 0) is 18.2 Å². The minimum atomic E-state index is -3.13. The summed E-state index contributed by atoms with van der Waals surface area (Å²) in [5.74, 6) is 0.231. The van der Waals surface area contributed by atoms with E-state index in [1.165, 1.54) is 16.7 Å². The number of nitrogens with zero attached hydrogens (tertiary/aromatic N) is 3. The van der Waals surface area contributed by atoms with Crippen molar-refractivity contribution < 1.29 is 13.2 Å². The summed E-state index contributed by atoms with van der Waals surface area (Å²) in [6, 6.07) is 4.44. The third-order valence-corrected chi connectivity index (χ3v) is 7.14. The average Bonchev–Trinajstić information content (AvgIpc) is 2.94. The molecule has 10 heteroatoms. The number of amides is 1. The van der Waals surface area contributed by atoms with Crippen LogP contribution in [0.5, 0.6) is 0 Å². The van der Waals surface area contributed by atoms with E-state index in [2.05, 4.69) is 4.99 Å². The van der Waals surface area contributed by atoms with Gasteiger partial charge in [0.2, 0.25) is 5.91 Å². The molecule has 1 aromatic rings. The van der Waals surface area contributed by atoms with Crippen molar-refractivity contribution in [3.63, 3.8) is 0 Å². The van der Waals surface area contributed by atoms with E-state index < -0.39 is 9.84 Å². The highest BCUT2D eigenvalue weighted by molar-refractivity contribution is 8.14. The van der Waals surface area contributed by atoms with Gasteiger partial charge in [-0.15, -0.1) is 0 Å². The van der Waals surface area contributed by atoms with Gasteiger partial charge in [-0.25, -0.2) is 8.42 Å². The van der Waals surface area contributed by atoms with Crippen molar-refractivity contribution in [2.75, 3.05) is 36.3 Å². The summed E-state index contributed by atoms with van der Waals surface area (Å²) in [6.07, 6.45) is 0. The quantitative estimate of drug-likeness (QED) is 0.747. The molecule has 2 aliphatic heterocycles. The van der Waals surface area contributed by atoms with E-state index in [0.29, 0.717) is 20.9 Å². The summed E-state index contributed by atoms with van der Waals surface area (Å²) in [5, 5.41) is 1.54. The largest absolute Gasteiger partial charge is 0.348 e. The normalized spacial score (nSPS) is 24.2. The van der Waals surface area contributed by atoms with Gasteiger partial charge in [0.1, 0.15) is 0 Å². The molecule has 0 bridgehead atoms. The standard InChI is InChI=1S/C15H17Cl2N3O3S2/c1-19(2)14(21)6-24-15-18-12-7-25(22,23)8-13(12)20(15)11-4-9(16)3-10(17)5-11/h3-5,12-13H,6-8H2,1-2H3/t12-,13-/m1/s1. The van der Waals surface area contributed by atoms with Crippen molar-refractivity contribution in [3.8, 4) is 0 Å². The zero-order chi connectivity index (χ0) is 18.4. The first kappa shape index (κ1) is 18.8. The lowest BCUT2D eigenvalue weighted by Gasteiger charge is -2.27. The Balaban J connectivity index is 1.92. The summed E-state index contributed by atoms with van der Waals surface area (Å²) < 4.78 is 24.0. The molecule has 0 aromatic heterocycles. The average molecular weight is 422 g/mol. The highest BCUT2D eigenvalue weighted by Gasteiger charge is 2.47. The summed E-state index contributed by atoms with van der Waals surface area (Å²) in [5.41, 5.74) is 0.686. The Bertz CT molecular complexity index is 822. The van der Waals surface area contributed by atoms with Crippen LogP contribution in [-0.4, -0.2) is 67.8 Å². The van der Waals surface area contributed by atoms with Crippen LogP contribution in [0.15, 0.2) is 23.2 Å². The van der Waals surface area contributed by atoms with Gasteiger partial charge in [0.25, 0.3) is 0 Å². The fraction of sp³-hybridized carbons (Fsp3) is 0.467. The minimum absolute atomic E-state index is 0.0220. The first-order valence-corrected chi connectivity index (χ1v) is 11.1. The molecular formula is C15H17Cl2N3O3S2. The van der Waals surface area contributed by atoms with Gasteiger partial charge in [0.05, 0.1) is 29.3 Å². The van der Waals surface area contributed by atoms with Crippen LogP contribution in [0.25, 0.3) is 0 Å². The molecule has 1 amide bonds. The van der Waals surface area contributed by atoms with Gasteiger partial charge in [-0.2, -0.15) is 0 Å². The molecule has 0 aliphatic carbocycles. The number of rotatable bonds is 3. The molecule has 2 heterocycles. The number of carbonyl (C=O) groups is 1. The molecule has 2 atom stereocenters. The van der Waals surface area contributed by atoms with Crippen molar-refractivity contribution >= 4 is 61.6 Å². The topological polar surface area (TPSA) is 70.0 Å². The fourth-order valence-electron chi connectivity index (χ4n) is 2.87. The third kappa shape index (κ3) is 4.07. The minimum Gasteiger partial charge on any atom is -0.348 e. The van der Waals surface area contributed by atoms with E-state index in [9.17, 15) is 13.2 Å². The van der Waals surface area contributed by atoms with Gasteiger partial charge >= 0.3 is 0 Å². The van der Waals surface area contributed by atoms with E-state index in [1.54, 1.807) is 32.3 Å². The second kappa shape index (κ2) is 6.98. The molecule has 0 spiro atoms. The van der Waals surface area contributed by atoms with Gasteiger partial charge in [0, 0.05) is 29.8 Å². The molecule has 136 valence electrons. The first-order chi connectivity index (χ1) is 11.7. The van der Waals surface area contributed by atoms with Crippen LogP contribution >= 0.6 is 35.0 Å². The second-order valence-corrected chi connectivity index (χ2v) is 10.2. The van der Waals surface area contributed by atoms with Crippen LogP contribution in [0.2, 0.25) is 10.0 Å². The van der Waals surface area contributed by atoms with Crippen LogP contribution < -0.4 is 4.90 Å². The summed E-state index contributed by atoms with van der Waals surface area (Å²) in [7, 11) is 0.245. The van der Waals surface area contributed by atoms with Crippen molar-refractivity contribution in [3.05, 3.63) is 28.2 Å². The molecule has 0 radical (unpaired) electrons. The van der Waals surface area contributed by atoms with E-state index in [-0.39, 0.29) is 35.2 Å². The maximum absolute atomic E-state index is 12.0. The Labute approximate surface area is 161 Å². The zero-order valence-electron chi connectivity index (χ0n) is 13.6. The van der Waals surface area contributed by atoms with Gasteiger partial charge in [-0.1, -0.05) is 35.0 Å². The molecule has 2 aliphatic rings. The molecule has 3 rings (SSSR count). The predicted octanol–water partition coefficient (Wildman–Crippen LogP) is 2.16. The molecule has 1 fully saturated rings. The molecule has 0 N–H and O–H groups in total. The number of benzene rings is 1. The Kier molecular flexibility index (Phi) is 5.26. The Hall–Kier alpha value is -0.960. The summed E-state index contributed by atoms with van der Waals surface area (Å²) in [6.45, 7) is 0. The predicted molar refractivity (Wildman–Crippen MR) is 104 cm³/mol. The lowest BCUT2D eigenvalue weighted by atomic mass is 10.1. The van der Waals surface area contributed by atoms with E-state index >= 15 is 0 Å². The number of hydrogen-bond donors (Lipinski definition) is 0. The van der Waals surface area contributed by atoms with Crippen LogP contribution in [-0.2, 0) is 14.6 Å². The van der Waals surface area contributed by atoms with Gasteiger partial charge in [-0.3, -0.25) is 9.79 Å². The van der Waals surface area contributed by atoms with Gasteiger partial charge in [0.15, 0.2) is 15.0 Å². The van der Waals surface area contributed by atoms with Crippen LogP contribution in [0.1, 0.15) is 0 Å². The number of aliphatic imine (C=N–C) groups is 1. The Morgan fingerprint density at radius 2 is 1.92 bits per heavy atom. The smallest absolute Gasteiger partial charge is 0.232 e. The highest BCUT2D eigenvalue weighted by atomic mass is 35.5. The molecule has 6 nitrogen and oxygen atoms in total. The number of hydrogen-bond acceptors (Lipinski definition) is 6.